The van der Waals surface area contributed by atoms with Crippen molar-refractivity contribution in [2.45, 2.75) is 0 Å². The average molecular weight is 234 g/mol. The van der Waals surface area contributed by atoms with E-state index in [1.54, 1.807) is 19.2 Å². The van der Waals surface area contributed by atoms with Gasteiger partial charge in [-0.15, -0.1) is 0 Å². The van der Waals surface area contributed by atoms with Gasteiger partial charge in [-0.1, -0.05) is 12.1 Å². The standard InChI is InChI=1S/C11H11FN4O/c1-14-9-6-10(16-11(13)15-9)17-8-5-3-2-4-7(8)12/h2-6H,1H3,(H3,13,14,15,16). The Labute approximate surface area is 97.5 Å². The highest BCUT2D eigenvalue weighted by Crippen LogP contribution is 2.24. The molecule has 2 aromatic rings. The predicted octanol–water partition coefficient (Wildman–Crippen LogP) is 2.03. The van der Waals surface area contributed by atoms with Crippen LogP contribution in [0.15, 0.2) is 30.3 Å². The Kier molecular flexibility index (Phi) is 3.04. The van der Waals surface area contributed by atoms with E-state index < -0.39 is 5.82 Å². The molecule has 3 N–H and O–H groups in total. The van der Waals surface area contributed by atoms with Crippen LogP contribution in [0.1, 0.15) is 0 Å². The number of rotatable bonds is 3. The zero-order valence-corrected chi connectivity index (χ0v) is 9.14. The number of nitrogens with zero attached hydrogens (tertiary/aromatic N) is 2. The van der Waals surface area contributed by atoms with E-state index in [2.05, 4.69) is 15.3 Å². The van der Waals surface area contributed by atoms with Gasteiger partial charge in [0.05, 0.1) is 0 Å². The zero-order valence-electron chi connectivity index (χ0n) is 9.14. The van der Waals surface area contributed by atoms with E-state index in [4.69, 9.17) is 10.5 Å². The molecule has 0 atom stereocenters. The van der Waals surface area contributed by atoms with Crippen molar-refractivity contribution in [2.75, 3.05) is 18.1 Å². The third kappa shape index (κ3) is 2.60. The molecular weight excluding hydrogens is 223 g/mol. The van der Waals surface area contributed by atoms with Gasteiger partial charge in [-0.3, -0.25) is 0 Å². The fourth-order valence-corrected chi connectivity index (χ4v) is 1.26. The summed E-state index contributed by atoms with van der Waals surface area (Å²) in [7, 11) is 1.69. The van der Waals surface area contributed by atoms with Crippen molar-refractivity contribution in [3.63, 3.8) is 0 Å². The Morgan fingerprint density at radius 1 is 1.29 bits per heavy atom. The topological polar surface area (TPSA) is 73.1 Å². The minimum absolute atomic E-state index is 0.0585. The lowest BCUT2D eigenvalue weighted by Gasteiger charge is -2.07. The Hall–Kier alpha value is -2.37. The van der Waals surface area contributed by atoms with Gasteiger partial charge in [0.25, 0.3) is 0 Å². The molecule has 0 aliphatic heterocycles. The van der Waals surface area contributed by atoms with Crippen LogP contribution in [-0.4, -0.2) is 17.0 Å². The lowest BCUT2D eigenvalue weighted by Crippen LogP contribution is -2.01. The minimum atomic E-state index is -0.462. The van der Waals surface area contributed by atoms with Crippen molar-refractivity contribution in [1.82, 2.24) is 9.97 Å². The molecule has 0 aliphatic carbocycles. The predicted molar refractivity (Wildman–Crippen MR) is 62.5 cm³/mol. The van der Waals surface area contributed by atoms with E-state index >= 15 is 0 Å². The Bertz CT molecular complexity index is 533. The van der Waals surface area contributed by atoms with E-state index in [0.717, 1.165) is 0 Å². The molecule has 88 valence electrons. The molecule has 0 radical (unpaired) electrons. The van der Waals surface area contributed by atoms with Gasteiger partial charge in [0.2, 0.25) is 11.8 Å². The highest BCUT2D eigenvalue weighted by atomic mass is 19.1. The van der Waals surface area contributed by atoms with Gasteiger partial charge < -0.3 is 15.8 Å². The summed E-state index contributed by atoms with van der Waals surface area (Å²) in [6.45, 7) is 0. The van der Waals surface area contributed by atoms with Crippen molar-refractivity contribution in [1.29, 1.82) is 0 Å². The molecule has 0 saturated carbocycles. The number of hydrogen-bond acceptors (Lipinski definition) is 5. The molecule has 1 aromatic carbocycles. The fraction of sp³-hybridized carbons (Fsp3) is 0.0909. The third-order valence-corrected chi connectivity index (χ3v) is 2.03. The maximum absolute atomic E-state index is 13.3. The number of aromatic nitrogens is 2. The van der Waals surface area contributed by atoms with Gasteiger partial charge >= 0.3 is 0 Å². The second kappa shape index (κ2) is 4.65. The molecule has 1 heterocycles. The van der Waals surface area contributed by atoms with Gasteiger partial charge in [0.15, 0.2) is 11.6 Å². The SMILES string of the molecule is CNc1cc(Oc2ccccc2F)nc(N)n1. The van der Waals surface area contributed by atoms with E-state index in [1.165, 1.54) is 18.2 Å². The minimum Gasteiger partial charge on any atom is -0.436 e. The van der Waals surface area contributed by atoms with E-state index in [-0.39, 0.29) is 17.6 Å². The van der Waals surface area contributed by atoms with Crippen molar-refractivity contribution in [2.24, 2.45) is 0 Å². The quantitative estimate of drug-likeness (QED) is 0.850. The van der Waals surface area contributed by atoms with Crippen LogP contribution in [-0.2, 0) is 0 Å². The van der Waals surface area contributed by atoms with Gasteiger partial charge in [-0.2, -0.15) is 9.97 Å². The number of halogens is 1. The number of benzene rings is 1. The first kappa shape index (κ1) is 11.1. The molecule has 1 aromatic heterocycles. The van der Waals surface area contributed by atoms with Crippen LogP contribution in [0.2, 0.25) is 0 Å². The lowest BCUT2D eigenvalue weighted by molar-refractivity contribution is 0.427. The molecule has 0 unspecified atom stereocenters. The summed E-state index contributed by atoms with van der Waals surface area (Å²) in [4.78, 5) is 7.75. The maximum Gasteiger partial charge on any atom is 0.226 e. The van der Waals surface area contributed by atoms with Gasteiger partial charge in [0, 0.05) is 13.1 Å². The Morgan fingerprint density at radius 3 is 2.76 bits per heavy atom. The summed E-state index contributed by atoms with van der Waals surface area (Å²) in [6, 6.07) is 7.59. The molecule has 17 heavy (non-hydrogen) atoms. The third-order valence-electron chi connectivity index (χ3n) is 2.03. The molecule has 2 rings (SSSR count). The number of ether oxygens (including phenoxy) is 1. The molecule has 0 aliphatic rings. The first-order valence-corrected chi connectivity index (χ1v) is 4.94. The summed E-state index contributed by atoms with van der Waals surface area (Å²) in [5.41, 5.74) is 5.49. The Morgan fingerprint density at radius 2 is 2.06 bits per heavy atom. The van der Waals surface area contributed by atoms with Gasteiger partial charge in [-0.25, -0.2) is 4.39 Å². The van der Waals surface area contributed by atoms with Crippen LogP contribution in [0.5, 0.6) is 11.6 Å². The number of hydrogen-bond donors (Lipinski definition) is 2. The Balaban J connectivity index is 2.30. The fourth-order valence-electron chi connectivity index (χ4n) is 1.26. The molecule has 5 nitrogen and oxygen atoms in total. The van der Waals surface area contributed by atoms with E-state index in [9.17, 15) is 4.39 Å². The van der Waals surface area contributed by atoms with Crippen LogP contribution >= 0.6 is 0 Å². The number of nitrogens with two attached hydrogens (primary N) is 1. The summed E-state index contributed by atoms with van der Waals surface area (Å²) in [5, 5.41) is 2.80. The number of nitrogens with one attached hydrogen (secondary N) is 1. The first-order valence-electron chi connectivity index (χ1n) is 4.94. The number of para-hydroxylation sites is 1. The highest BCUT2D eigenvalue weighted by Gasteiger charge is 2.06. The first-order chi connectivity index (χ1) is 8.19. The van der Waals surface area contributed by atoms with E-state index in [0.29, 0.717) is 5.82 Å². The summed E-state index contributed by atoms with van der Waals surface area (Å²) in [5.74, 6) is 0.377. The van der Waals surface area contributed by atoms with Crippen LogP contribution in [0.25, 0.3) is 0 Å². The van der Waals surface area contributed by atoms with Crippen molar-refractivity contribution in [3.8, 4) is 11.6 Å². The summed E-state index contributed by atoms with van der Waals surface area (Å²) < 4.78 is 18.6. The average Bonchev–Trinajstić information content (AvgIpc) is 2.31. The second-order valence-electron chi connectivity index (χ2n) is 3.23. The molecule has 0 saturated heterocycles. The van der Waals surface area contributed by atoms with Crippen LogP contribution < -0.4 is 15.8 Å². The smallest absolute Gasteiger partial charge is 0.226 e. The number of anilines is 2. The largest absolute Gasteiger partial charge is 0.436 e. The maximum atomic E-state index is 13.3. The van der Waals surface area contributed by atoms with Crippen molar-refractivity contribution in [3.05, 3.63) is 36.1 Å². The van der Waals surface area contributed by atoms with Gasteiger partial charge in [0.1, 0.15) is 5.82 Å². The number of nitrogen functional groups attached to an aromatic ring is 1. The van der Waals surface area contributed by atoms with Crippen LogP contribution in [0, 0.1) is 5.82 Å². The molecule has 0 amide bonds. The van der Waals surface area contributed by atoms with Crippen LogP contribution in [0.3, 0.4) is 0 Å². The zero-order chi connectivity index (χ0) is 12.3. The summed E-state index contributed by atoms with van der Waals surface area (Å²) >= 11 is 0. The molecule has 0 fully saturated rings. The normalized spacial score (nSPS) is 10.0. The molecule has 0 spiro atoms. The summed E-state index contributed by atoms with van der Waals surface area (Å²) in [6.07, 6.45) is 0. The van der Waals surface area contributed by atoms with Crippen molar-refractivity contribution < 1.29 is 9.13 Å². The van der Waals surface area contributed by atoms with E-state index in [1.807, 2.05) is 0 Å². The van der Waals surface area contributed by atoms with Gasteiger partial charge in [-0.05, 0) is 12.1 Å². The van der Waals surface area contributed by atoms with Crippen molar-refractivity contribution >= 4 is 11.8 Å². The van der Waals surface area contributed by atoms with Crippen LogP contribution in [0.4, 0.5) is 16.2 Å². The molecule has 0 bridgehead atoms. The molecule has 6 heteroatoms. The highest BCUT2D eigenvalue weighted by molar-refractivity contribution is 5.43. The lowest BCUT2D eigenvalue weighted by atomic mass is 10.3. The monoisotopic (exact) mass is 234 g/mol. The molecular formula is C11H11FN4O. The second-order valence-corrected chi connectivity index (χ2v) is 3.23.